The van der Waals surface area contributed by atoms with Gasteiger partial charge in [0.1, 0.15) is 11.6 Å². The Morgan fingerprint density at radius 2 is 1.81 bits per heavy atom. The lowest BCUT2D eigenvalue weighted by Crippen LogP contribution is -2.13. The Kier molecular flexibility index (Phi) is 6.05. The van der Waals surface area contributed by atoms with Gasteiger partial charge in [-0.15, -0.1) is 0 Å². The zero-order chi connectivity index (χ0) is 19.1. The van der Waals surface area contributed by atoms with Crippen molar-refractivity contribution < 1.29 is 9.53 Å². The highest BCUT2D eigenvalue weighted by Crippen LogP contribution is 2.15. The predicted octanol–water partition coefficient (Wildman–Crippen LogP) is 4.31. The predicted molar refractivity (Wildman–Crippen MR) is 109 cm³/mol. The molecule has 0 spiro atoms. The minimum atomic E-state index is -0.165. The molecule has 3 rings (SSSR count). The summed E-state index contributed by atoms with van der Waals surface area (Å²) in [6.07, 6.45) is 2.46. The molecule has 5 heteroatoms. The molecule has 0 atom stereocenters. The van der Waals surface area contributed by atoms with E-state index < -0.39 is 0 Å². The Morgan fingerprint density at radius 3 is 2.48 bits per heavy atom. The molecule has 0 unspecified atom stereocenters. The molecule has 0 aliphatic rings. The fraction of sp³-hybridized carbons (Fsp3) is 0.182. The molecular formula is C22H23N3O2. The van der Waals surface area contributed by atoms with Crippen molar-refractivity contribution in [2.24, 2.45) is 0 Å². The van der Waals surface area contributed by atoms with E-state index in [1.54, 1.807) is 19.4 Å². The number of methoxy groups -OCH3 is 1. The van der Waals surface area contributed by atoms with Gasteiger partial charge in [0, 0.05) is 18.4 Å². The topological polar surface area (TPSA) is 63.2 Å². The van der Waals surface area contributed by atoms with E-state index in [4.69, 9.17) is 4.74 Å². The van der Waals surface area contributed by atoms with E-state index in [0.717, 1.165) is 35.8 Å². The SMILES string of the molecule is COc1ccc(CCNc2ccc(C(=O)Nc3ccccc3C)cn2)cc1. The van der Waals surface area contributed by atoms with E-state index in [1.807, 2.05) is 61.5 Å². The number of hydrogen-bond acceptors (Lipinski definition) is 4. The fourth-order valence-electron chi connectivity index (χ4n) is 2.67. The van der Waals surface area contributed by atoms with Gasteiger partial charge >= 0.3 is 0 Å². The number of anilines is 2. The molecule has 0 fully saturated rings. The molecule has 0 bridgehead atoms. The van der Waals surface area contributed by atoms with Gasteiger partial charge in [-0.05, 0) is 54.8 Å². The maximum Gasteiger partial charge on any atom is 0.257 e. The number of benzene rings is 2. The van der Waals surface area contributed by atoms with Gasteiger partial charge in [-0.2, -0.15) is 0 Å². The Hall–Kier alpha value is -3.34. The second-order valence-corrected chi connectivity index (χ2v) is 6.23. The molecule has 2 N–H and O–H groups in total. The lowest BCUT2D eigenvalue weighted by molar-refractivity contribution is 0.102. The minimum Gasteiger partial charge on any atom is -0.497 e. The number of hydrogen-bond donors (Lipinski definition) is 2. The van der Waals surface area contributed by atoms with E-state index in [2.05, 4.69) is 15.6 Å². The summed E-state index contributed by atoms with van der Waals surface area (Å²) in [6, 6.07) is 19.3. The van der Waals surface area contributed by atoms with E-state index in [9.17, 15) is 4.79 Å². The summed E-state index contributed by atoms with van der Waals surface area (Å²) in [4.78, 5) is 16.7. The van der Waals surface area contributed by atoms with Crippen LogP contribution in [0.25, 0.3) is 0 Å². The first-order chi connectivity index (χ1) is 13.2. The van der Waals surface area contributed by atoms with Crippen LogP contribution in [0.3, 0.4) is 0 Å². The number of rotatable bonds is 7. The first-order valence-corrected chi connectivity index (χ1v) is 8.85. The quantitative estimate of drug-likeness (QED) is 0.658. The third kappa shape index (κ3) is 5.07. The molecule has 0 radical (unpaired) electrons. The average molecular weight is 361 g/mol. The number of amides is 1. The van der Waals surface area contributed by atoms with E-state index in [0.29, 0.717) is 5.56 Å². The normalized spacial score (nSPS) is 10.3. The zero-order valence-corrected chi connectivity index (χ0v) is 15.5. The van der Waals surface area contributed by atoms with Gasteiger partial charge < -0.3 is 15.4 Å². The van der Waals surface area contributed by atoms with Crippen LogP contribution in [-0.4, -0.2) is 24.5 Å². The summed E-state index contributed by atoms with van der Waals surface area (Å²) in [5.41, 5.74) is 3.58. The van der Waals surface area contributed by atoms with E-state index in [1.165, 1.54) is 5.56 Å². The first-order valence-electron chi connectivity index (χ1n) is 8.85. The summed E-state index contributed by atoms with van der Waals surface area (Å²) in [7, 11) is 1.66. The molecule has 27 heavy (non-hydrogen) atoms. The van der Waals surface area contributed by atoms with Gasteiger partial charge in [0.05, 0.1) is 12.7 Å². The van der Waals surface area contributed by atoms with E-state index >= 15 is 0 Å². The second kappa shape index (κ2) is 8.85. The van der Waals surface area contributed by atoms with Crippen LogP contribution in [0.2, 0.25) is 0 Å². The van der Waals surface area contributed by atoms with Crippen LogP contribution in [0.4, 0.5) is 11.5 Å². The van der Waals surface area contributed by atoms with Crippen LogP contribution in [0.1, 0.15) is 21.5 Å². The van der Waals surface area contributed by atoms with Crippen molar-refractivity contribution in [3.63, 3.8) is 0 Å². The van der Waals surface area contributed by atoms with Crippen molar-refractivity contribution in [3.8, 4) is 5.75 Å². The summed E-state index contributed by atoms with van der Waals surface area (Å²) in [6.45, 7) is 2.72. The van der Waals surface area contributed by atoms with Crippen molar-refractivity contribution in [3.05, 3.63) is 83.6 Å². The zero-order valence-electron chi connectivity index (χ0n) is 15.5. The Morgan fingerprint density at radius 1 is 1.04 bits per heavy atom. The number of aryl methyl sites for hydroxylation is 1. The van der Waals surface area contributed by atoms with Gasteiger partial charge in [-0.1, -0.05) is 30.3 Å². The van der Waals surface area contributed by atoms with E-state index in [-0.39, 0.29) is 5.91 Å². The molecule has 138 valence electrons. The lowest BCUT2D eigenvalue weighted by Gasteiger charge is -2.09. The molecule has 0 aliphatic heterocycles. The number of carbonyl (C=O) groups excluding carboxylic acids is 1. The van der Waals surface area contributed by atoms with Crippen molar-refractivity contribution >= 4 is 17.4 Å². The fourth-order valence-corrected chi connectivity index (χ4v) is 2.67. The molecule has 0 saturated heterocycles. The van der Waals surface area contributed by atoms with Crippen LogP contribution in [0.5, 0.6) is 5.75 Å². The molecule has 5 nitrogen and oxygen atoms in total. The number of nitrogens with zero attached hydrogens (tertiary/aromatic N) is 1. The van der Waals surface area contributed by atoms with Crippen LogP contribution in [0, 0.1) is 6.92 Å². The van der Waals surface area contributed by atoms with Crippen LogP contribution < -0.4 is 15.4 Å². The van der Waals surface area contributed by atoms with Crippen molar-refractivity contribution in [1.29, 1.82) is 0 Å². The van der Waals surface area contributed by atoms with Crippen LogP contribution in [-0.2, 0) is 6.42 Å². The minimum absolute atomic E-state index is 0.165. The second-order valence-electron chi connectivity index (χ2n) is 6.23. The maximum atomic E-state index is 12.3. The summed E-state index contributed by atoms with van der Waals surface area (Å²) in [5.74, 6) is 1.44. The standard InChI is InChI=1S/C22H23N3O2/c1-16-5-3-4-6-20(16)25-22(26)18-9-12-21(24-15-18)23-14-13-17-7-10-19(27-2)11-8-17/h3-12,15H,13-14H2,1-2H3,(H,23,24)(H,25,26). The smallest absolute Gasteiger partial charge is 0.257 e. The van der Waals surface area contributed by atoms with Crippen LogP contribution in [0.15, 0.2) is 66.9 Å². The average Bonchev–Trinajstić information content (AvgIpc) is 2.71. The molecule has 1 heterocycles. The summed E-state index contributed by atoms with van der Waals surface area (Å²) in [5, 5.41) is 6.18. The number of nitrogens with one attached hydrogen (secondary N) is 2. The van der Waals surface area contributed by atoms with Gasteiger partial charge in [0.25, 0.3) is 5.91 Å². The highest BCUT2D eigenvalue weighted by atomic mass is 16.5. The van der Waals surface area contributed by atoms with Gasteiger partial charge in [0.2, 0.25) is 0 Å². The number of ether oxygens (including phenoxy) is 1. The Bertz CT molecular complexity index is 890. The first kappa shape index (κ1) is 18.5. The van der Waals surface area contributed by atoms with Gasteiger partial charge in [-0.25, -0.2) is 4.98 Å². The van der Waals surface area contributed by atoms with Gasteiger partial charge in [0.15, 0.2) is 0 Å². The number of carbonyl (C=O) groups is 1. The highest BCUT2D eigenvalue weighted by Gasteiger charge is 2.08. The Balaban J connectivity index is 1.52. The molecule has 2 aromatic carbocycles. The lowest BCUT2D eigenvalue weighted by atomic mass is 10.1. The molecule has 1 aromatic heterocycles. The number of aromatic nitrogens is 1. The van der Waals surface area contributed by atoms with Crippen molar-refractivity contribution in [2.45, 2.75) is 13.3 Å². The summed E-state index contributed by atoms with van der Waals surface area (Å²) >= 11 is 0. The maximum absolute atomic E-state index is 12.3. The molecule has 1 amide bonds. The van der Waals surface area contributed by atoms with Crippen molar-refractivity contribution in [2.75, 3.05) is 24.3 Å². The molecule has 0 aliphatic carbocycles. The third-order valence-corrected chi connectivity index (χ3v) is 4.30. The van der Waals surface area contributed by atoms with Gasteiger partial charge in [-0.3, -0.25) is 4.79 Å². The molecule has 3 aromatic rings. The largest absolute Gasteiger partial charge is 0.497 e. The summed E-state index contributed by atoms with van der Waals surface area (Å²) < 4.78 is 5.16. The molecule has 0 saturated carbocycles. The third-order valence-electron chi connectivity index (χ3n) is 4.30. The Labute approximate surface area is 159 Å². The number of para-hydroxylation sites is 1. The monoisotopic (exact) mass is 361 g/mol. The van der Waals surface area contributed by atoms with Crippen LogP contribution >= 0.6 is 0 Å². The van der Waals surface area contributed by atoms with Crippen molar-refractivity contribution in [1.82, 2.24) is 4.98 Å². The number of pyridine rings is 1. The molecular weight excluding hydrogens is 338 g/mol. The highest BCUT2D eigenvalue weighted by molar-refractivity contribution is 6.04.